The Hall–Kier alpha value is -1.38. The number of carbonyl (C=O) groups excluding carboxylic acids is 1. The zero-order valence-electron chi connectivity index (χ0n) is 6.67. The molecule has 0 saturated heterocycles. The smallest absolute Gasteiger partial charge is 0.153 e. The molecule has 1 N–H and O–H groups in total. The lowest BCUT2D eigenvalue weighted by Gasteiger charge is -2.03. The van der Waals surface area contributed by atoms with Crippen molar-refractivity contribution < 1.29 is 14.3 Å². The van der Waals surface area contributed by atoms with Crippen molar-refractivity contribution in [1.29, 1.82) is 0 Å². The summed E-state index contributed by atoms with van der Waals surface area (Å²) in [6.45, 7) is 0.986. The Morgan fingerprint density at radius 3 is 2.75 bits per heavy atom. The van der Waals surface area contributed by atoms with Gasteiger partial charge in [0.2, 0.25) is 0 Å². The highest BCUT2D eigenvalue weighted by atomic mass is 19.1. The van der Waals surface area contributed by atoms with Crippen LogP contribution in [0.1, 0.15) is 21.5 Å². The fraction of sp³-hybridized carbons (Fsp3) is 0.222. The number of aryl methyl sites for hydroxylation is 1. The van der Waals surface area contributed by atoms with Crippen LogP contribution in [-0.2, 0) is 6.67 Å². The van der Waals surface area contributed by atoms with Gasteiger partial charge in [-0.1, -0.05) is 0 Å². The average molecular weight is 168 g/mol. The maximum Gasteiger partial charge on any atom is 0.153 e. The summed E-state index contributed by atoms with van der Waals surface area (Å²) in [5.74, 6) is -0.252. The molecule has 0 spiro atoms. The van der Waals surface area contributed by atoms with E-state index in [1.54, 1.807) is 6.92 Å². The highest BCUT2D eigenvalue weighted by Crippen LogP contribution is 2.23. The Kier molecular flexibility index (Phi) is 2.43. The number of hydrogen-bond acceptors (Lipinski definition) is 2. The number of halogens is 1. The number of carbonyl (C=O) groups is 1. The summed E-state index contributed by atoms with van der Waals surface area (Å²) >= 11 is 0. The molecule has 0 atom stereocenters. The molecule has 1 aromatic rings. The van der Waals surface area contributed by atoms with Gasteiger partial charge in [0.15, 0.2) is 6.29 Å². The summed E-state index contributed by atoms with van der Waals surface area (Å²) in [6, 6.07) is 3.03. The normalized spacial score (nSPS) is 9.83. The maximum atomic E-state index is 12.2. The molecule has 12 heavy (non-hydrogen) atoms. The highest BCUT2D eigenvalue weighted by molar-refractivity contribution is 5.80. The summed E-state index contributed by atoms with van der Waals surface area (Å²) in [5, 5.41) is 9.24. The molecule has 0 amide bonds. The number of hydrogen-bond donors (Lipinski definition) is 1. The van der Waals surface area contributed by atoms with E-state index >= 15 is 0 Å². The van der Waals surface area contributed by atoms with Gasteiger partial charge in [-0.05, 0) is 24.6 Å². The Balaban J connectivity index is 3.31. The first-order valence-corrected chi connectivity index (χ1v) is 3.52. The first kappa shape index (κ1) is 8.71. The predicted molar refractivity (Wildman–Crippen MR) is 43.0 cm³/mol. The fourth-order valence-corrected chi connectivity index (χ4v) is 1.08. The summed E-state index contributed by atoms with van der Waals surface area (Å²) in [6.07, 6.45) is 0.515. The lowest BCUT2D eigenvalue weighted by molar-refractivity contribution is 0.112. The lowest BCUT2D eigenvalue weighted by Crippen LogP contribution is -1.89. The number of phenolic OH excluding ortho intramolecular Hbond substituents is 1. The molecular formula is C9H9FO2. The van der Waals surface area contributed by atoms with Crippen molar-refractivity contribution in [2.75, 3.05) is 0 Å². The molecule has 0 aromatic heterocycles. The van der Waals surface area contributed by atoms with E-state index < -0.39 is 6.67 Å². The van der Waals surface area contributed by atoms with E-state index in [0.29, 0.717) is 6.29 Å². The predicted octanol–water partition coefficient (Wildman–Crippen LogP) is 1.98. The molecule has 0 aliphatic rings. The van der Waals surface area contributed by atoms with E-state index in [-0.39, 0.29) is 16.9 Å². The van der Waals surface area contributed by atoms with Crippen LogP contribution < -0.4 is 0 Å². The number of phenols is 1. The van der Waals surface area contributed by atoms with Crippen LogP contribution in [0.4, 0.5) is 4.39 Å². The van der Waals surface area contributed by atoms with Crippen LogP contribution in [0, 0.1) is 6.92 Å². The Morgan fingerprint density at radius 1 is 1.58 bits per heavy atom. The molecular weight excluding hydrogens is 159 g/mol. The van der Waals surface area contributed by atoms with Crippen LogP contribution >= 0.6 is 0 Å². The SMILES string of the molecule is Cc1cc(C=O)c(O)c(CF)c1. The summed E-state index contributed by atoms with van der Waals surface area (Å²) < 4.78 is 12.2. The summed E-state index contributed by atoms with van der Waals surface area (Å²) in [5.41, 5.74) is 1.07. The fourth-order valence-electron chi connectivity index (χ4n) is 1.08. The van der Waals surface area contributed by atoms with E-state index in [9.17, 15) is 14.3 Å². The molecule has 1 rings (SSSR count). The zero-order valence-corrected chi connectivity index (χ0v) is 6.67. The van der Waals surface area contributed by atoms with Crippen LogP contribution in [0.5, 0.6) is 5.75 Å². The quantitative estimate of drug-likeness (QED) is 0.685. The first-order chi connectivity index (χ1) is 5.69. The molecule has 0 aliphatic heterocycles. The molecule has 1 aromatic carbocycles. The Morgan fingerprint density at radius 2 is 2.25 bits per heavy atom. The van der Waals surface area contributed by atoms with Gasteiger partial charge >= 0.3 is 0 Å². The largest absolute Gasteiger partial charge is 0.507 e. The molecule has 3 heteroatoms. The molecule has 0 aliphatic carbocycles. The van der Waals surface area contributed by atoms with Gasteiger partial charge in [0, 0.05) is 5.56 Å². The standard InChI is InChI=1S/C9H9FO2/c1-6-2-7(4-10)9(12)8(3-6)5-11/h2-3,5,12H,4H2,1H3. The van der Waals surface area contributed by atoms with E-state index in [4.69, 9.17) is 0 Å². The van der Waals surface area contributed by atoms with Gasteiger partial charge in [-0.15, -0.1) is 0 Å². The molecule has 0 heterocycles. The minimum Gasteiger partial charge on any atom is -0.507 e. The number of aromatic hydroxyl groups is 1. The van der Waals surface area contributed by atoms with Crippen molar-refractivity contribution in [1.82, 2.24) is 0 Å². The molecule has 0 fully saturated rings. The van der Waals surface area contributed by atoms with E-state index in [1.807, 2.05) is 0 Å². The third-order valence-electron chi connectivity index (χ3n) is 1.63. The van der Waals surface area contributed by atoms with Crippen molar-refractivity contribution in [3.05, 3.63) is 28.8 Å². The van der Waals surface area contributed by atoms with Crippen molar-refractivity contribution in [2.45, 2.75) is 13.6 Å². The van der Waals surface area contributed by atoms with Gasteiger partial charge in [-0.25, -0.2) is 4.39 Å². The van der Waals surface area contributed by atoms with Crippen LogP contribution in [0.2, 0.25) is 0 Å². The number of aldehydes is 1. The highest BCUT2D eigenvalue weighted by Gasteiger charge is 2.06. The van der Waals surface area contributed by atoms with Gasteiger partial charge < -0.3 is 5.11 Å². The monoisotopic (exact) mass is 168 g/mol. The summed E-state index contributed by atoms with van der Waals surface area (Å²) in [7, 11) is 0. The van der Waals surface area contributed by atoms with Crippen molar-refractivity contribution in [2.24, 2.45) is 0 Å². The van der Waals surface area contributed by atoms with Crippen LogP contribution in [-0.4, -0.2) is 11.4 Å². The molecule has 64 valence electrons. The van der Waals surface area contributed by atoms with Crippen LogP contribution in [0.15, 0.2) is 12.1 Å². The van der Waals surface area contributed by atoms with Crippen LogP contribution in [0.3, 0.4) is 0 Å². The Labute approximate surface area is 69.6 Å². The average Bonchev–Trinajstić information content (AvgIpc) is 2.08. The minimum absolute atomic E-state index is 0.141. The van der Waals surface area contributed by atoms with E-state index in [2.05, 4.69) is 0 Å². The second-order valence-corrected chi connectivity index (χ2v) is 2.61. The number of rotatable bonds is 2. The molecule has 0 unspecified atom stereocenters. The van der Waals surface area contributed by atoms with Crippen LogP contribution in [0.25, 0.3) is 0 Å². The molecule has 0 saturated carbocycles. The first-order valence-electron chi connectivity index (χ1n) is 3.52. The minimum atomic E-state index is -0.756. The second-order valence-electron chi connectivity index (χ2n) is 2.61. The third kappa shape index (κ3) is 1.44. The second kappa shape index (κ2) is 3.34. The van der Waals surface area contributed by atoms with E-state index in [0.717, 1.165) is 5.56 Å². The third-order valence-corrected chi connectivity index (χ3v) is 1.63. The zero-order chi connectivity index (χ0) is 9.14. The number of alkyl halides is 1. The summed E-state index contributed by atoms with van der Waals surface area (Å²) in [4.78, 5) is 10.4. The van der Waals surface area contributed by atoms with Gasteiger partial charge in [-0.3, -0.25) is 4.79 Å². The van der Waals surface area contributed by atoms with Crippen molar-refractivity contribution in [3.8, 4) is 5.75 Å². The molecule has 0 radical (unpaired) electrons. The van der Waals surface area contributed by atoms with Crippen molar-refractivity contribution >= 4 is 6.29 Å². The number of benzene rings is 1. The molecule has 0 bridgehead atoms. The molecule has 2 nitrogen and oxygen atoms in total. The lowest BCUT2D eigenvalue weighted by atomic mass is 10.1. The maximum absolute atomic E-state index is 12.2. The Bertz CT molecular complexity index is 308. The van der Waals surface area contributed by atoms with Gasteiger partial charge in [0.1, 0.15) is 12.4 Å². The van der Waals surface area contributed by atoms with Gasteiger partial charge in [0.05, 0.1) is 5.56 Å². The van der Waals surface area contributed by atoms with Crippen molar-refractivity contribution in [3.63, 3.8) is 0 Å². The topological polar surface area (TPSA) is 37.3 Å². The van der Waals surface area contributed by atoms with E-state index in [1.165, 1.54) is 12.1 Å². The van der Waals surface area contributed by atoms with Gasteiger partial charge in [0.25, 0.3) is 0 Å². The van der Waals surface area contributed by atoms with Gasteiger partial charge in [-0.2, -0.15) is 0 Å².